The summed E-state index contributed by atoms with van der Waals surface area (Å²) in [5.41, 5.74) is 8.46. The van der Waals surface area contributed by atoms with E-state index < -0.39 is 9.84 Å². The van der Waals surface area contributed by atoms with E-state index in [0.717, 1.165) is 37.3 Å². The number of hydrogen-bond donors (Lipinski definition) is 1. The smallest absolute Gasteiger partial charge is 0.150 e. The maximum absolute atomic E-state index is 11.7. The van der Waals surface area contributed by atoms with Crippen molar-refractivity contribution in [3.8, 4) is 11.3 Å². The van der Waals surface area contributed by atoms with Gasteiger partial charge in [0.05, 0.1) is 17.2 Å². The molecule has 3 aromatic rings. The number of nitrogens with zero attached hydrogens (tertiary/aromatic N) is 2. The largest absolute Gasteiger partial charge is 0.354 e. The monoisotopic (exact) mass is 451 g/mol. The van der Waals surface area contributed by atoms with Crippen molar-refractivity contribution in [3.05, 3.63) is 52.8 Å². The van der Waals surface area contributed by atoms with E-state index in [4.69, 9.17) is 0 Å². The third-order valence-corrected chi connectivity index (χ3v) is 8.95. The van der Waals surface area contributed by atoms with Gasteiger partial charge < -0.3 is 4.98 Å². The van der Waals surface area contributed by atoms with E-state index >= 15 is 0 Å². The normalized spacial score (nSPS) is 20.2. The Balaban J connectivity index is 1.41. The molecule has 2 fully saturated rings. The lowest BCUT2D eigenvalue weighted by atomic mass is 9.87. The summed E-state index contributed by atoms with van der Waals surface area (Å²) >= 11 is 0. The van der Waals surface area contributed by atoms with Crippen molar-refractivity contribution < 1.29 is 8.42 Å². The molecule has 2 aliphatic rings. The summed E-state index contributed by atoms with van der Waals surface area (Å²) in [6.45, 7) is 10.7. The number of sulfone groups is 1. The van der Waals surface area contributed by atoms with E-state index in [1.165, 1.54) is 33.3 Å². The predicted octanol–water partition coefficient (Wildman–Crippen LogP) is 4.95. The minimum absolute atomic E-state index is 0.350. The minimum Gasteiger partial charge on any atom is -0.354 e. The van der Waals surface area contributed by atoms with E-state index in [-0.39, 0.29) is 0 Å². The van der Waals surface area contributed by atoms with Crippen LogP contribution >= 0.6 is 0 Å². The van der Waals surface area contributed by atoms with Crippen LogP contribution in [0.15, 0.2) is 30.3 Å². The summed E-state index contributed by atoms with van der Waals surface area (Å²) in [4.78, 5) is 10.7. The lowest BCUT2D eigenvalue weighted by Crippen LogP contribution is -2.52. The molecule has 0 atom stereocenters. The zero-order valence-corrected chi connectivity index (χ0v) is 20.3. The van der Waals surface area contributed by atoms with Crippen LogP contribution in [0.2, 0.25) is 0 Å². The van der Waals surface area contributed by atoms with Gasteiger partial charge in [-0.2, -0.15) is 0 Å². The van der Waals surface area contributed by atoms with E-state index in [1.54, 1.807) is 0 Å². The zero-order valence-electron chi connectivity index (χ0n) is 19.5. The summed E-state index contributed by atoms with van der Waals surface area (Å²) in [6, 6.07) is 11.7. The van der Waals surface area contributed by atoms with Crippen LogP contribution in [0, 0.1) is 13.8 Å². The molecule has 5 rings (SSSR count). The Labute approximate surface area is 191 Å². The van der Waals surface area contributed by atoms with Gasteiger partial charge >= 0.3 is 0 Å². The highest BCUT2D eigenvalue weighted by atomic mass is 32.2. The molecule has 0 saturated carbocycles. The Bertz CT molecular complexity index is 1240. The van der Waals surface area contributed by atoms with Gasteiger partial charge in [0.15, 0.2) is 0 Å². The fraction of sp³-hybridized carbons (Fsp3) is 0.500. The first-order valence-electron chi connectivity index (χ1n) is 11.8. The number of pyridine rings is 1. The second-order valence-corrected chi connectivity index (χ2v) is 12.3. The van der Waals surface area contributed by atoms with Crippen LogP contribution in [0.3, 0.4) is 0 Å². The van der Waals surface area contributed by atoms with Gasteiger partial charge in [0, 0.05) is 52.9 Å². The van der Waals surface area contributed by atoms with Crippen LogP contribution in [0.4, 0.5) is 0 Å². The highest BCUT2D eigenvalue weighted by Gasteiger charge is 2.36. The van der Waals surface area contributed by atoms with E-state index in [9.17, 15) is 8.42 Å². The standard InChI is InChI=1S/C26H33N3O2S/c1-16(2)25-23-13-19(21-14-29(15-21)22-7-9-32(30,31)10-8-22)5-6-24(23)28-26(25)20-11-17(3)27-18(4)12-20/h5-6,11-13,16,21-22,28H,7-10,14-15H2,1-4H3. The second kappa shape index (κ2) is 7.99. The first-order chi connectivity index (χ1) is 15.2. The SMILES string of the molecule is Cc1cc(-c2[nH]c3ccc(C4CN(C5CCS(=O)(=O)CC5)C4)cc3c2C(C)C)cc(C)n1. The fourth-order valence-electron chi connectivity index (χ4n) is 5.55. The molecule has 0 unspecified atom stereocenters. The number of benzene rings is 1. The minimum atomic E-state index is -2.80. The average molecular weight is 452 g/mol. The quantitative estimate of drug-likeness (QED) is 0.610. The Kier molecular flexibility index (Phi) is 5.41. The van der Waals surface area contributed by atoms with E-state index in [0.29, 0.717) is 29.4 Å². The van der Waals surface area contributed by atoms with Crippen molar-refractivity contribution >= 4 is 20.7 Å². The number of aromatic amines is 1. The van der Waals surface area contributed by atoms with Gasteiger partial charge in [-0.3, -0.25) is 9.88 Å². The van der Waals surface area contributed by atoms with Crippen molar-refractivity contribution in [2.24, 2.45) is 0 Å². The zero-order chi connectivity index (χ0) is 22.6. The summed E-state index contributed by atoms with van der Waals surface area (Å²) in [7, 11) is -2.80. The molecule has 32 heavy (non-hydrogen) atoms. The van der Waals surface area contributed by atoms with Crippen LogP contribution in [0.25, 0.3) is 22.2 Å². The Morgan fingerprint density at radius 1 is 1.03 bits per heavy atom. The summed E-state index contributed by atoms with van der Waals surface area (Å²) in [6.07, 6.45) is 1.58. The molecule has 0 amide bonds. The summed E-state index contributed by atoms with van der Waals surface area (Å²) in [5.74, 6) is 1.64. The number of rotatable bonds is 4. The van der Waals surface area contributed by atoms with Crippen LogP contribution in [-0.4, -0.2) is 53.9 Å². The molecule has 0 bridgehead atoms. The lowest BCUT2D eigenvalue weighted by Gasteiger charge is -2.46. The molecular weight excluding hydrogens is 418 g/mol. The van der Waals surface area contributed by atoms with Crippen molar-refractivity contribution in [2.45, 2.75) is 58.4 Å². The molecule has 1 N–H and O–H groups in total. The molecule has 170 valence electrons. The Morgan fingerprint density at radius 3 is 2.31 bits per heavy atom. The van der Waals surface area contributed by atoms with Gasteiger partial charge in [-0.25, -0.2) is 8.42 Å². The number of nitrogens with one attached hydrogen (secondary N) is 1. The molecular formula is C26H33N3O2S. The molecule has 0 aliphatic carbocycles. The third-order valence-electron chi connectivity index (χ3n) is 7.23. The number of aryl methyl sites for hydroxylation is 2. The highest BCUT2D eigenvalue weighted by Crippen LogP contribution is 2.39. The highest BCUT2D eigenvalue weighted by molar-refractivity contribution is 7.91. The number of hydrogen-bond acceptors (Lipinski definition) is 4. The molecule has 6 heteroatoms. The van der Waals surface area contributed by atoms with E-state index in [1.807, 2.05) is 0 Å². The lowest BCUT2D eigenvalue weighted by molar-refractivity contribution is 0.0851. The van der Waals surface area contributed by atoms with Crippen LogP contribution in [0.5, 0.6) is 0 Å². The maximum Gasteiger partial charge on any atom is 0.150 e. The molecule has 1 aromatic carbocycles. The molecule has 2 aliphatic heterocycles. The molecule has 4 heterocycles. The van der Waals surface area contributed by atoms with Crippen molar-refractivity contribution in [1.82, 2.24) is 14.9 Å². The number of likely N-dealkylation sites (tertiary alicyclic amines) is 1. The van der Waals surface area contributed by atoms with Gasteiger partial charge in [0.2, 0.25) is 0 Å². The fourth-order valence-corrected chi connectivity index (χ4v) is 7.02. The number of H-pyrrole nitrogens is 1. The molecule has 2 aromatic heterocycles. The van der Waals surface area contributed by atoms with Gasteiger partial charge in [0.25, 0.3) is 0 Å². The molecule has 0 spiro atoms. The van der Waals surface area contributed by atoms with Crippen LogP contribution in [-0.2, 0) is 9.84 Å². The predicted molar refractivity (Wildman–Crippen MR) is 131 cm³/mol. The van der Waals surface area contributed by atoms with Gasteiger partial charge in [0.1, 0.15) is 9.84 Å². The van der Waals surface area contributed by atoms with Crippen molar-refractivity contribution in [2.75, 3.05) is 24.6 Å². The molecule has 2 saturated heterocycles. The maximum atomic E-state index is 11.7. The first-order valence-corrected chi connectivity index (χ1v) is 13.6. The Morgan fingerprint density at radius 2 is 1.69 bits per heavy atom. The van der Waals surface area contributed by atoms with Gasteiger partial charge in [-0.15, -0.1) is 0 Å². The van der Waals surface area contributed by atoms with E-state index in [2.05, 4.69) is 72.9 Å². The summed E-state index contributed by atoms with van der Waals surface area (Å²) < 4.78 is 23.5. The molecule has 0 radical (unpaired) electrons. The van der Waals surface area contributed by atoms with Gasteiger partial charge in [-0.1, -0.05) is 19.9 Å². The molecule has 5 nitrogen and oxygen atoms in total. The first kappa shape index (κ1) is 21.7. The van der Waals surface area contributed by atoms with Crippen molar-refractivity contribution in [1.29, 1.82) is 0 Å². The second-order valence-electron chi connectivity index (χ2n) is 10.0. The van der Waals surface area contributed by atoms with Crippen LogP contribution < -0.4 is 0 Å². The van der Waals surface area contributed by atoms with Gasteiger partial charge in [-0.05, 0) is 68.0 Å². The number of aromatic nitrogens is 2. The van der Waals surface area contributed by atoms with Crippen LogP contribution in [0.1, 0.15) is 61.0 Å². The van der Waals surface area contributed by atoms with Crippen molar-refractivity contribution in [3.63, 3.8) is 0 Å². The summed E-state index contributed by atoms with van der Waals surface area (Å²) in [5, 5.41) is 1.32. The topological polar surface area (TPSA) is 66.1 Å². The average Bonchev–Trinajstić information content (AvgIpc) is 3.06. The Hall–Kier alpha value is -2.18. The third kappa shape index (κ3) is 3.99. The number of fused-ring (bicyclic) bond motifs is 1.